The minimum Gasteiger partial charge on any atom is -0.236 e. The molecule has 1 aromatic carbocycles. The first kappa shape index (κ1) is 14.8. The molecule has 20 heavy (non-hydrogen) atoms. The summed E-state index contributed by atoms with van der Waals surface area (Å²) < 4.78 is 13.2. The van der Waals surface area contributed by atoms with Crippen LogP contribution in [0.3, 0.4) is 0 Å². The number of hydrogen-bond acceptors (Lipinski definition) is 2. The normalized spacial score (nSPS) is 11.2. The van der Waals surface area contributed by atoms with E-state index in [2.05, 4.69) is 11.1 Å². The van der Waals surface area contributed by atoms with Gasteiger partial charge in [-0.05, 0) is 49.7 Å². The van der Waals surface area contributed by atoms with Crippen LogP contribution >= 0.6 is 23.2 Å². The monoisotopic (exact) mass is 308 g/mol. The third kappa shape index (κ3) is 2.92. The Morgan fingerprint density at radius 1 is 1.20 bits per heavy atom. The Balaban J connectivity index is 2.58. The molecule has 0 saturated heterocycles. The van der Waals surface area contributed by atoms with E-state index in [1.807, 2.05) is 0 Å². The van der Waals surface area contributed by atoms with Gasteiger partial charge in [0.15, 0.2) is 0 Å². The Labute approximate surface area is 126 Å². The van der Waals surface area contributed by atoms with Crippen LogP contribution in [0.15, 0.2) is 30.3 Å². The first-order chi connectivity index (χ1) is 9.33. The van der Waals surface area contributed by atoms with Crippen molar-refractivity contribution in [1.29, 1.82) is 5.26 Å². The summed E-state index contributed by atoms with van der Waals surface area (Å²) in [5.74, 6) is -0.491. The van der Waals surface area contributed by atoms with Crippen LogP contribution in [0, 0.1) is 17.1 Å². The van der Waals surface area contributed by atoms with E-state index in [1.165, 1.54) is 12.1 Å². The highest BCUT2D eigenvalue weighted by Crippen LogP contribution is 2.30. The van der Waals surface area contributed by atoms with Crippen LogP contribution in [0.5, 0.6) is 0 Å². The van der Waals surface area contributed by atoms with Gasteiger partial charge in [0.2, 0.25) is 0 Å². The Morgan fingerprint density at radius 3 is 2.50 bits per heavy atom. The van der Waals surface area contributed by atoms with Gasteiger partial charge >= 0.3 is 0 Å². The van der Waals surface area contributed by atoms with Crippen LogP contribution in [0.4, 0.5) is 4.39 Å². The number of pyridine rings is 1. The molecule has 0 spiro atoms. The maximum Gasteiger partial charge on any atom is 0.141 e. The molecular formula is C15H11Cl2FN2. The number of aromatic nitrogens is 1. The second-order valence-electron chi connectivity index (χ2n) is 4.93. The van der Waals surface area contributed by atoms with Crippen molar-refractivity contribution in [2.45, 2.75) is 19.3 Å². The topological polar surface area (TPSA) is 36.7 Å². The summed E-state index contributed by atoms with van der Waals surface area (Å²) >= 11 is 11.8. The number of nitrogens with zero attached hydrogens (tertiary/aromatic N) is 2. The zero-order valence-corrected chi connectivity index (χ0v) is 12.4. The van der Waals surface area contributed by atoms with Crippen molar-refractivity contribution < 1.29 is 4.39 Å². The molecule has 0 aliphatic carbocycles. The van der Waals surface area contributed by atoms with Gasteiger partial charge in [-0.25, -0.2) is 9.37 Å². The molecule has 1 heterocycles. The van der Waals surface area contributed by atoms with Crippen LogP contribution in [0.25, 0.3) is 11.3 Å². The summed E-state index contributed by atoms with van der Waals surface area (Å²) in [6, 6.07) is 9.96. The standard InChI is InChI=1S/C15H11Cl2FN2/c1-15(2,8-19)10-6-13(20-14(17)7-10)9-3-4-12(18)11(16)5-9/h3-7H,1-2H3. The van der Waals surface area contributed by atoms with Gasteiger partial charge in [-0.15, -0.1) is 0 Å². The number of nitriles is 1. The second-order valence-corrected chi connectivity index (χ2v) is 5.72. The fourth-order valence-electron chi connectivity index (χ4n) is 1.73. The number of halogens is 3. The summed E-state index contributed by atoms with van der Waals surface area (Å²) in [6.45, 7) is 3.58. The Bertz CT molecular complexity index is 706. The lowest BCUT2D eigenvalue weighted by Crippen LogP contribution is -2.14. The molecule has 0 bridgehead atoms. The van der Waals surface area contributed by atoms with Crippen LogP contribution < -0.4 is 0 Å². The van der Waals surface area contributed by atoms with Crippen molar-refractivity contribution in [3.05, 3.63) is 51.9 Å². The van der Waals surface area contributed by atoms with Crippen LogP contribution in [-0.4, -0.2) is 4.98 Å². The van der Waals surface area contributed by atoms with Gasteiger partial charge < -0.3 is 0 Å². The van der Waals surface area contributed by atoms with E-state index >= 15 is 0 Å². The highest BCUT2D eigenvalue weighted by atomic mass is 35.5. The third-order valence-corrected chi connectivity index (χ3v) is 3.49. The number of rotatable bonds is 2. The fourth-order valence-corrected chi connectivity index (χ4v) is 2.11. The SMILES string of the molecule is CC(C)(C#N)c1cc(Cl)nc(-c2ccc(F)c(Cl)c2)c1. The Hall–Kier alpha value is -1.63. The first-order valence-corrected chi connectivity index (χ1v) is 6.64. The number of hydrogen-bond donors (Lipinski definition) is 0. The molecule has 0 aliphatic heterocycles. The molecule has 0 aliphatic rings. The molecule has 2 aromatic rings. The largest absolute Gasteiger partial charge is 0.236 e. The summed E-state index contributed by atoms with van der Waals surface area (Å²) in [4.78, 5) is 4.20. The van der Waals surface area contributed by atoms with Crippen molar-refractivity contribution in [2.24, 2.45) is 0 Å². The molecule has 0 saturated carbocycles. The lowest BCUT2D eigenvalue weighted by molar-refractivity contribution is 0.628. The molecule has 1 aromatic heterocycles. The maximum atomic E-state index is 13.2. The second kappa shape index (κ2) is 5.40. The zero-order chi connectivity index (χ0) is 14.9. The predicted octanol–water partition coefficient (Wildman–Crippen LogP) is 5.00. The molecule has 0 radical (unpaired) electrons. The quantitative estimate of drug-likeness (QED) is 0.732. The average molecular weight is 309 g/mol. The van der Waals surface area contributed by atoms with Crippen LogP contribution in [-0.2, 0) is 5.41 Å². The van der Waals surface area contributed by atoms with Gasteiger partial charge in [-0.2, -0.15) is 5.26 Å². The number of benzene rings is 1. The fraction of sp³-hybridized carbons (Fsp3) is 0.200. The van der Waals surface area contributed by atoms with E-state index < -0.39 is 11.2 Å². The van der Waals surface area contributed by atoms with Crippen LogP contribution in [0.1, 0.15) is 19.4 Å². The molecule has 0 fully saturated rings. The van der Waals surface area contributed by atoms with E-state index in [-0.39, 0.29) is 10.2 Å². The molecule has 102 valence electrons. The van der Waals surface area contributed by atoms with Crippen molar-refractivity contribution in [1.82, 2.24) is 4.98 Å². The van der Waals surface area contributed by atoms with E-state index in [0.717, 1.165) is 5.56 Å². The zero-order valence-electron chi connectivity index (χ0n) is 10.9. The molecule has 0 unspecified atom stereocenters. The Morgan fingerprint density at radius 2 is 1.90 bits per heavy atom. The van der Waals surface area contributed by atoms with Crippen LogP contribution in [0.2, 0.25) is 10.2 Å². The molecule has 0 N–H and O–H groups in total. The van der Waals surface area contributed by atoms with Crippen molar-refractivity contribution in [3.63, 3.8) is 0 Å². The van der Waals surface area contributed by atoms with Crippen molar-refractivity contribution in [2.75, 3.05) is 0 Å². The molecule has 5 heteroatoms. The third-order valence-electron chi connectivity index (χ3n) is 3.01. The lowest BCUT2D eigenvalue weighted by Gasteiger charge is -2.17. The van der Waals surface area contributed by atoms with E-state index in [0.29, 0.717) is 11.3 Å². The van der Waals surface area contributed by atoms with E-state index in [1.54, 1.807) is 32.0 Å². The Kier molecular flexibility index (Phi) is 3.99. The molecule has 2 nitrogen and oxygen atoms in total. The lowest BCUT2D eigenvalue weighted by atomic mass is 9.86. The van der Waals surface area contributed by atoms with E-state index in [4.69, 9.17) is 23.2 Å². The first-order valence-electron chi connectivity index (χ1n) is 5.88. The molecular weight excluding hydrogens is 298 g/mol. The molecule has 2 rings (SSSR count). The molecule has 0 atom stereocenters. The summed E-state index contributed by atoms with van der Waals surface area (Å²) in [5, 5.41) is 9.49. The average Bonchev–Trinajstić information content (AvgIpc) is 2.41. The van der Waals surface area contributed by atoms with Crippen molar-refractivity contribution in [3.8, 4) is 17.3 Å². The minimum atomic E-state index is -0.689. The predicted molar refractivity (Wildman–Crippen MR) is 78.3 cm³/mol. The van der Waals surface area contributed by atoms with Gasteiger partial charge in [0.25, 0.3) is 0 Å². The highest BCUT2D eigenvalue weighted by Gasteiger charge is 2.21. The maximum absolute atomic E-state index is 13.2. The summed E-state index contributed by atoms with van der Waals surface area (Å²) in [5.41, 5.74) is 1.26. The van der Waals surface area contributed by atoms with Gasteiger partial charge in [-0.1, -0.05) is 23.2 Å². The van der Waals surface area contributed by atoms with Gasteiger partial charge in [-0.3, -0.25) is 0 Å². The van der Waals surface area contributed by atoms with Gasteiger partial charge in [0.05, 0.1) is 22.2 Å². The summed E-state index contributed by atoms with van der Waals surface area (Å²) in [6.07, 6.45) is 0. The highest BCUT2D eigenvalue weighted by molar-refractivity contribution is 6.31. The molecule has 0 amide bonds. The minimum absolute atomic E-state index is 0.0189. The van der Waals surface area contributed by atoms with Crippen molar-refractivity contribution >= 4 is 23.2 Å². The van der Waals surface area contributed by atoms with Gasteiger partial charge in [0.1, 0.15) is 11.0 Å². The summed E-state index contributed by atoms with van der Waals surface area (Å²) in [7, 11) is 0. The van der Waals surface area contributed by atoms with Gasteiger partial charge in [0, 0.05) is 5.56 Å². The smallest absolute Gasteiger partial charge is 0.141 e. The van der Waals surface area contributed by atoms with E-state index in [9.17, 15) is 9.65 Å².